The molecule has 0 saturated heterocycles. The van der Waals surface area contributed by atoms with E-state index in [1.807, 2.05) is 0 Å². The van der Waals surface area contributed by atoms with Gasteiger partial charge in [0.15, 0.2) is 5.78 Å². The summed E-state index contributed by atoms with van der Waals surface area (Å²) in [5, 5.41) is 0.343. The van der Waals surface area contributed by atoms with E-state index >= 15 is 0 Å². The molecule has 0 aliphatic carbocycles. The Morgan fingerprint density at radius 2 is 1.81 bits per heavy atom. The van der Waals surface area contributed by atoms with Gasteiger partial charge in [0.25, 0.3) is 0 Å². The van der Waals surface area contributed by atoms with Crippen LogP contribution >= 0.6 is 27.5 Å². The van der Waals surface area contributed by atoms with Crippen molar-refractivity contribution < 1.29 is 22.7 Å². The molecule has 0 spiro atoms. The number of hydrogen-bond donors (Lipinski definition) is 0. The lowest BCUT2D eigenvalue weighted by molar-refractivity contribution is -0.274. The van der Waals surface area contributed by atoms with Crippen molar-refractivity contribution in [2.75, 3.05) is 0 Å². The van der Waals surface area contributed by atoms with Crippen LogP contribution in [0.15, 0.2) is 46.9 Å². The normalized spacial score (nSPS) is 11.3. The zero-order chi connectivity index (χ0) is 15.6. The first-order valence-electron chi connectivity index (χ1n) is 5.61. The molecule has 0 amide bonds. The fraction of sp³-hybridized carbons (Fsp3) is 0.0714. The molecular formula is C14H7BrClF3O2. The maximum absolute atomic E-state index is 12.3. The molecule has 0 atom stereocenters. The molecule has 21 heavy (non-hydrogen) atoms. The second-order valence-electron chi connectivity index (χ2n) is 4.06. The first-order chi connectivity index (χ1) is 9.74. The van der Waals surface area contributed by atoms with Crippen LogP contribution in [0.1, 0.15) is 15.9 Å². The van der Waals surface area contributed by atoms with Gasteiger partial charge in [0.1, 0.15) is 5.75 Å². The molecule has 0 heterocycles. The first-order valence-corrected chi connectivity index (χ1v) is 6.78. The van der Waals surface area contributed by atoms with E-state index in [1.165, 1.54) is 24.3 Å². The molecule has 0 bridgehead atoms. The van der Waals surface area contributed by atoms with Gasteiger partial charge in [-0.1, -0.05) is 39.7 Å². The molecule has 0 unspecified atom stereocenters. The minimum absolute atomic E-state index is 0.0749. The summed E-state index contributed by atoms with van der Waals surface area (Å²) in [7, 11) is 0. The summed E-state index contributed by atoms with van der Waals surface area (Å²) in [4.78, 5) is 12.3. The van der Waals surface area contributed by atoms with Crippen molar-refractivity contribution >= 4 is 33.3 Å². The topological polar surface area (TPSA) is 26.3 Å². The Hall–Kier alpha value is -1.53. The van der Waals surface area contributed by atoms with Crippen molar-refractivity contribution in [3.05, 3.63) is 63.1 Å². The summed E-state index contributed by atoms with van der Waals surface area (Å²) in [5.41, 5.74) is 0.337. The number of ketones is 1. The summed E-state index contributed by atoms with van der Waals surface area (Å²) in [6.45, 7) is 0. The van der Waals surface area contributed by atoms with Gasteiger partial charge in [0, 0.05) is 20.6 Å². The molecular weight excluding hydrogens is 373 g/mol. The number of alkyl halides is 3. The highest BCUT2D eigenvalue weighted by Gasteiger charge is 2.31. The fourth-order valence-electron chi connectivity index (χ4n) is 1.69. The predicted octanol–water partition coefficient (Wildman–Crippen LogP) is 5.23. The van der Waals surface area contributed by atoms with Crippen molar-refractivity contribution in [1.82, 2.24) is 0 Å². The minimum atomic E-state index is -4.80. The zero-order valence-corrected chi connectivity index (χ0v) is 12.6. The first kappa shape index (κ1) is 15.9. The van der Waals surface area contributed by atoms with Gasteiger partial charge in [-0.2, -0.15) is 0 Å². The average molecular weight is 380 g/mol. The predicted molar refractivity (Wildman–Crippen MR) is 75.7 cm³/mol. The molecule has 0 radical (unpaired) electrons. The van der Waals surface area contributed by atoms with E-state index in [2.05, 4.69) is 20.7 Å². The van der Waals surface area contributed by atoms with Gasteiger partial charge >= 0.3 is 6.36 Å². The number of hydrogen-bond acceptors (Lipinski definition) is 2. The van der Waals surface area contributed by atoms with Gasteiger partial charge in [0.2, 0.25) is 0 Å². The summed E-state index contributed by atoms with van der Waals surface area (Å²) < 4.78 is 40.9. The van der Waals surface area contributed by atoms with Crippen LogP contribution in [0.25, 0.3) is 0 Å². The number of carbonyl (C=O) groups excluding carboxylic acids is 1. The third kappa shape index (κ3) is 4.47. The second kappa shape index (κ2) is 6.07. The van der Waals surface area contributed by atoms with E-state index in [1.54, 1.807) is 6.07 Å². The highest BCUT2D eigenvalue weighted by molar-refractivity contribution is 9.10. The van der Waals surface area contributed by atoms with Crippen LogP contribution in [0.3, 0.4) is 0 Å². The maximum atomic E-state index is 12.3. The van der Waals surface area contributed by atoms with Crippen LogP contribution in [-0.4, -0.2) is 12.1 Å². The van der Waals surface area contributed by atoms with Crippen LogP contribution in [0, 0.1) is 0 Å². The Balaban J connectivity index is 2.33. The van der Waals surface area contributed by atoms with Crippen molar-refractivity contribution in [3.8, 4) is 5.75 Å². The van der Waals surface area contributed by atoms with Gasteiger partial charge in [0.05, 0.1) is 0 Å². The van der Waals surface area contributed by atoms with Crippen LogP contribution in [-0.2, 0) is 0 Å². The molecule has 110 valence electrons. The number of carbonyl (C=O) groups is 1. The Labute approximate surface area is 131 Å². The molecule has 0 aromatic heterocycles. The molecule has 2 aromatic rings. The summed E-state index contributed by atoms with van der Waals surface area (Å²) in [6.07, 6.45) is -4.80. The average Bonchev–Trinajstić information content (AvgIpc) is 2.35. The monoisotopic (exact) mass is 378 g/mol. The Morgan fingerprint density at radius 3 is 2.43 bits per heavy atom. The minimum Gasteiger partial charge on any atom is -0.406 e. The Kier molecular flexibility index (Phi) is 4.58. The molecule has 0 fully saturated rings. The quantitative estimate of drug-likeness (QED) is 0.683. The number of benzene rings is 2. The van der Waals surface area contributed by atoms with Crippen molar-refractivity contribution in [2.24, 2.45) is 0 Å². The van der Waals surface area contributed by atoms with Gasteiger partial charge in [-0.3, -0.25) is 4.79 Å². The van der Waals surface area contributed by atoms with E-state index < -0.39 is 17.9 Å². The van der Waals surface area contributed by atoms with Crippen molar-refractivity contribution in [3.63, 3.8) is 0 Å². The third-order valence-corrected chi connectivity index (χ3v) is 3.13. The molecule has 0 N–H and O–H groups in total. The third-order valence-electron chi connectivity index (χ3n) is 2.45. The Morgan fingerprint density at radius 1 is 1.10 bits per heavy atom. The van der Waals surface area contributed by atoms with E-state index in [4.69, 9.17) is 11.6 Å². The van der Waals surface area contributed by atoms with E-state index in [0.29, 0.717) is 9.50 Å². The van der Waals surface area contributed by atoms with E-state index in [9.17, 15) is 18.0 Å². The molecule has 0 aliphatic heterocycles. The molecule has 0 saturated carbocycles. The lowest BCUT2D eigenvalue weighted by Gasteiger charge is -2.10. The summed E-state index contributed by atoms with van der Waals surface area (Å²) in [5.74, 6) is -0.903. The lowest BCUT2D eigenvalue weighted by Crippen LogP contribution is -2.17. The van der Waals surface area contributed by atoms with E-state index in [0.717, 1.165) is 12.1 Å². The highest BCUT2D eigenvalue weighted by Crippen LogP contribution is 2.26. The van der Waals surface area contributed by atoms with Gasteiger partial charge < -0.3 is 4.74 Å². The van der Waals surface area contributed by atoms with E-state index in [-0.39, 0.29) is 11.1 Å². The van der Waals surface area contributed by atoms with Crippen LogP contribution < -0.4 is 4.74 Å². The number of ether oxygens (including phenoxy) is 1. The number of halogens is 5. The summed E-state index contributed by atoms with van der Waals surface area (Å²) in [6, 6.07) is 9.44. The lowest BCUT2D eigenvalue weighted by atomic mass is 10.0. The number of rotatable bonds is 3. The highest BCUT2D eigenvalue weighted by atomic mass is 79.9. The molecule has 0 aliphatic rings. The van der Waals surface area contributed by atoms with Gasteiger partial charge in [-0.15, -0.1) is 13.2 Å². The van der Waals surface area contributed by atoms with Gasteiger partial charge in [-0.25, -0.2) is 0 Å². The fourth-order valence-corrected chi connectivity index (χ4v) is 2.55. The molecule has 2 rings (SSSR count). The second-order valence-corrected chi connectivity index (χ2v) is 5.41. The SMILES string of the molecule is O=C(c1cc(Cl)cc(Br)c1)c1cccc(OC(F)(F)F)c1. The Bertz CT molecular complexity index is 666. The zero-order valence-electron chi connectivity index (χ0n) is 10.2. The largest absolute Gasteiger partial charge is 0.573 e. The van der Waals surface area contributed by atoms with Gasteiger partial charge in [-0.05, 0) is 30.3 Å². The van der Waals surface area contributed by atoms with Crippen LogP contribution in [0.4, 0.5) is 13.2 Å². The maximum Gasteiger partial charge on any atom is 0.573 e. The molecule has 2 nitrogen and oxygen atoms in total. The standard InChI is InChI=1S/C14H7BrClF3O2/c15-10-4-9(5-11(16)7-10)13(20)8-2-1-3-12(6-8)21-14(17,18)19/h1-7H. The summed E-state index contributed by atoms with van der Waals surface area (Å²) >= 11 is 9.04. The van der Waals surface area contributed by atoms with Crippen LogP contribution in [0.2, 0.25) is 5.02 Å². The smallest absolute Gasteiger partial charge is 0.406 e. The van der Waals surface area contributed by atoms with Crippen LogP contribution in [0.5, 0.6) is 5.75 Å². The molecule has 7 heteroatoms. The molecule has 2 aromatic carbocycles. The van der Waals surface area contributed by atoms with Crippen molar-refractivity contribution in [1.29, 1.82) is 0 Å². The van der Waals surface area contributed by atoms with Crippen molar-refractivity contribution in [2.45, 2.75) is 6.36 Å².